The Morgan fingerprint density at radius 2 is 1.80 bits per heavy atom. The molecule has 2 aromatic rings. The number of H-pyrrole nitrogens is 1. The van der Waals surface area contributed by atoms with Crippen LogP contribution in [-0.2, 0) is 0 Å². The molecule has 1 saturated heterocycles. The fourth-order valence-corrected chi connectivity index (χ4v) is 3.97. The Balaban J connectivity index is 1.66. The molecule has 0 radical (unpaired) electrons. The van der Waals surface area contributed by atoms with Gasteiger partial charge >= 0.3 is 5.69 Å². The summed E-state index contributed by atoms with van der Waals surface area (Å²) in [5.74, 6) is 0. The summed E-state index contributed by atoms with van der Waals surface area (Å²) in [6.07, 6.45) is 2.16. The number of benzene rings is 1. The van der Waals surface area contributed by atoms with Gasteiger partial charge in [-0.3, -0.25) is 9.05 Å². The second kappa shape index (κ2) is 3.85. The van der Waals surface area contributed by atoms with Gasteiger partial charge in [0.1, 0.15) is 0 Å². The first-order valence-corrected chi connectivity index (χ1v) is 7.38. The number of nitrogens with one attached hydrogen (secondary N) is 1. The van der Waals surface area contributed by atoms with Crippen molar-refractivity contribution >= 4 is 11.0 Å². The van der Waals surface area contributed by atoms with E-state index in [2.05, 4.69) is 18.8 Å². The second-order valence-electron chi connectivity index (χ2n) is 6.13. The van der Waals surface area contributed by atoms with Crippen LogP contribution in [0, 0.1) is 0 Å². The normalized spacial score (nSPS) is 21.9. The number of hydrogen-bond acceptors (Lipinski definition) is 1. The highest BCUT2D eigenvalue weighted by atomic mass is 16.1. The molecule has 1 fully saturated rings. The molecule has 4 rings (SSSR count). The maximum Gasteiger partial charge on any atom is 0.326 e. The Kier molecular flexibility index (Phi) is 2.31. The van der Waals surface area contributed by atoms with E-state index in [0.29, 0.717) is 6.04 Å². The topological polar surface area (TPSA) is 37.8 Å². The summed E-state index contributed by atoms with van der Waals surface area (Å²) >= 11 is 0. The molecule has 0 unspecified atom stereocenters. The smallest absolute Gasteiger partial charge is 0.306 e. The quantitative estimate of drug-likeness (QED) is 0.795. The van der Waals surface area contributed by atoms with Crippen molar-refractivity contribution < 1.29 is 4.48 Å². The molecule has 0 amide bonds. The van der Waals surface area contributed by atoms with Gasteiger partial charge in [-0.25, -0.2) is 4.79 Å². The number of rotatable bonds is 1. The van der Waals surface area contributed by atoms with Crippen LogP contribution in [-0.4, -0.2) is 27.1 Å². The van der Waals surface area contributed by atoms with Crippen LogP contribution in [0.1, 0.15) is 32.7 Å². The minimum atomic E-state index is 0.0388. The molecule has 4 heteroatoms. The van der Waals surface area contributed by atoms with Gasteiger partial charge in [-0.05, 0) is 12.1 Å². The van der Waals surface area contributed by atoms with Crippen LogP contribution in [0.5, 0.6) is 0 Å². The molecule has 0 atom stereocenters. The van der Waals surface area contributed by atoms with E-state index >= 15 is 0 Å². The zero-order valence-corrected chi connectivity index (χ0v) is 12.0. The van der Waals surface area contributed by atoms with Gasteiger partial charge in [0, 0.05) is 32.7 Å². The van der Waals surface area contributed by atoms with E-state index in [1.54, 1.807) is 0 Å². The minimum Gasteiger partial charge on any atom is -0.306 e. The Morgan fingerprint density at radius 1 is 1.15 bits per heavy atom. The van der Waals surface area contributed by atoms with Crippen LogP contribution in [0.25, 0.3) is 11.0 Å². The van der Waals surface area contributed by atoms with Crippen molar-refractivity contribution in [1.82, 2.24) is 9.55 Å². The van der Waals surface area contributed by atoms with E-state index in [1.807, 2.05) is 28.8 Å². The van der Waals surface area contributed by atoms with Crippen molar-refractivity contribution in [3.8, 4) is 0 Å². The standard InChI is InChI=1S/C16H19N3O/c1-11-12(2)19(11)9-7-13(8-10-19)18-15-6-4-3-5-14(15)17-16(18)20/h3-6,13H,7-10H2,1-2H3/p+1. The molecular formula is C16H20N3O+. The molecule has 1 aromatic heterocycles. The molecule has 1 spiro atoms. The summed E-state index contributed by atoms with van der Waals surface area (Å²) in [5, 5.41) is 0. The van der Waals surface area contributed by atoms with Crippen LogP contribution in [0.3, 0.4) is 0 Å². The average Bonchev–Trinajstić information content (AvgIpc) is 2.83. The molecular weight excluding hydrogens is 250 g/mol. The minimum absolute atomic E-state index is 0.0388. The van der Waals surface area contributed by atoms with Crippen LogP contribution >= 0.6 is 0 Å². The van der Waals surface area contributed by atoms with Gasteiger partial charge in [-0.15, -0.1) is 0 Å². The number of hydrogen-bond donors (Lipinski definition) is 1. The lowest BCUT2D eigenvalue weighted by molar-refractivity contribution is -0.795. The van der Waals surface area contributed by atoms with Crippen molar-refractivity contribution in [1.29, 1.82) is 0 Å². The molecule has 20 heavy (non-hydrogen) atoms. The van der Waals surface area contributed by atoms with E-state index in [1.165, 1.54) is 11.4 Å². The SMILES string of the molecule is CC1=C(C)[N+]12CCC(n1c(=O)[nH]c3ccccc31)CC2. The van der Waals surface area contributed by atoms with E-state index in [4.69, 9.17) is 0 Å². The molecule has 0 bridgehead atoms. The summed E-state index contributed by atoms with van der Waals surface area (Å²) in [6.45, 7) is 6.78. The van der Waals surface area contributed by atoms with Gasteiger partial charge in [0.25, 0.3) is 0 Å². The summed E-state index contributed by atoms with van der Waals surface area (Å²) in [4.78, 5) is 15.2. The van der Waals surface area contributed by atoms with Gasteiger partial charge < -0.3 is 4.98 Å². The van der Waals surface area contributed by atoms with E-state index in [9.17, 15) is 4.79 Å². The monoisotopic (exact) mass is 270 g/mol. The molecule has 4 nitrogen and oxygen atoms in total. The van der Waals surface area contributed by atoms with E-state index < -0.39 is 0 Å². The van der Waals surface area contributed by atoms with Crippen LogP contribution < -0.4 is 5.69 Å². The molecule has 1 N–H and O–H groups in total. The van der Waals surface area contributed by atoms with Gasteiger partial charge in [0.05, 0.1) is 24.1 Å². The zero-order valence-electron chi connectivity index (χ0n) is 12.0. The van der Waals surface area contributed by atoms with Crippen molar-refractivity contribution in [2.24, 2.45) is 0 Å². The highest BCUT2D eigenvalue weighted by Crippen LogP contribution is 2.47. The number of imidazole rings is 1. The first-order chi connectivity index (χ1) is 9.63. The highest BCUT2D eigenvalue weighted by molar-refractivity contribution is 5.75. The van der Waals surface area contributed by atoms with Gasteiger partial charge in [-0.2, -0.15) is 0 Å². The summed E-state index contributed by atoms with van der Waals surface area (Å²) < 4.78 is 3.09. The Labute approximate surface area is 117 Å². The van der Waals surface area contributed by atoms with Crippen LogP contribution in [0.2, 0.25) is 0 Å². The number of piperidine rings is 1. The number of allylic oxidation sites excluding steroid dienone is 2. The number of aromatic amines is 1. The predicted octanol–water partition coefficient (Wildman–Crippen LogP) is 2.75. The Bertz CT molecular complexity index is 758. The second-order valence-corrected chi connectivity index (χ2v) is 6.13. The third-order valence-electron chi connectivity index (χ3n) is 5.43. The zero-order chi connectivity index (χ0) is 13.9. The van der Waals surface area contributed by atoms with Gasteiger partial charge in [0.15, 0.2) is 11.4 Å². The van der Waals surface area contributed by atoms with Gasteiger partial charge in [0.2, 0.25) is 0 Å². The lowest BCUT2D eigenvalue weighted by Gasteiger charge is -2.31. The Morgan fingerprint density at radius 3 is 2.45 bits per heavy atom. The molecule has 3 heterocycles. The molecule has 104 valence electrons. The highest BCUT2D eigenvalue weighted by Gasteiger charge is 2.52. The van der Waals surface area contributed by atoms with Crippen molar-refractivity contribution in [2.45, 2.75) is 32.7 Å². The third-order valence-corrected chi connectivity index (χ3v) is 5.43. The number of quaternary nitrogens is 1. The molecule has 2 aliphatic heterocycles. The first kappa shape index (κ1) is 12.0. The summed E-state index contributed by atoms with van der Waals surface area (Å²) in [7, 11) is 0. The number of aromatic nitrogens is 2. The average molecular weight is 270 g/mol. The first-order valence-electron chi connectivity index (χ1n) is 7.38. The van der Waals surface area contributed by atoms with Crippen LogP contribution in [0.15, 0.2) is 40.5 Å². The molecule has 0 saturated carbocycles. The van der Waals surface area contributed by atoms with Crippen LogP contribution in [0.4, 0.5) is 0 Å². The summed E-state index contributed by atoms with van der Waals surface area (Å²) in [6, 6.07) is 8.32. The maximum absolute atomic E-state index is 12.2. The van der Waals surface area contributed by atoms with Gasteiger partial charge in [-0.1, -0.05) is 12.1 Å². The van der Waals surface area contributed by atoms with Crippen molar-refractivity contribution in [2.75, 3.05) is 13.1 Å². The third kappa shape index (κ3) is 1.43. The maximum atomic E-state index is 12.2. The number of nitrogens with zero attached hydrogens (tertiary/aromatic N) is 2. The Hall–Kier alpha value is -1.81. The van der Waals surface area contributed by atoms with Crippen molar-refractivity contribution in [3.63, 3.8) is 0 Å². The van der Waals surface area contributed by atoms with Crippen molar-refractivity contribution in [3.05, 3.63) is 46.1 Å². The fraction of sp³-hybridized carbons (Fsp3) is 0.438. The largest absolute Gasteiger partial charge is 0.326 e. The number of para-hydroxylation sites is 2. The molecule has 2 aliphatic rings. The molecule has 0 aliphatic carbocycles. The predicted molar refractivity (Wildman–Crippen MR) is 79.2 cm³/mol. The summed E-state index contributed by atoms with van der Waals surface area (Å²) in [5.41, 5.74) is 5.11. The number of fused-ring (bicyclic) bond motifs is 1. The lowest BCUT2D eigenvalue weighted by Crippen LogP contribution is -2.40. The van der Waals surface area contributed by atoms with E-state index in [0.717, 1.165) is 41.4 Å². The van der Waals surface area contributed by atoms with E-state index in [-0.39, 0.29) is 5.69 Å². The lowest BCUT2D eigenvalue weighted by atomic mass is 10.0. The fourth-order valence-electron chi connectivity index (χ4n) is 3.97. The molecule has 1 aromatic carbocycles.